The number of anilines is 1. The van der Waals surface area contributed by atoms with Gasteiger partial charge in [0.2, 0.25) is 5.56 Å². The zero-order valence-corrected chi connectivity index (χ0v) is 12.9. The first-order valence-electron chi connectivity index (χ1n) is 6.47. The Bertz CT molecular complexity index is 773. The molecular weight excluding hydrogens is 308 g/mol. The predicted octanol–water partition coefficient (Wildman–Crippen LogP) is 2.79. The van der Waals surface area contributed by atoms with Gasteiger partial charge in [0.15, 0.2) is 0 Å². The highest BCUT2D eigenvalue weighted by Crippen LogP contribution is 2.37. The Hall–Kier alpha value is -1.72. The van der Waals surface area contributed by atoms with Gasteiger partial charge in [0.25, 0.3) is 5.91 Å². The number of hydrogen-bond acceptors (Lipinski definition) is 3. The molecule has 4 nitrogen and oxygen atoms in total. The minimum atomic E-state index is -0.135. The standard InChI is InChI=1S/C15H13ClN2O2S/c1-17-9-10(2-5-14(17)19)15(20)18-6-7-21-13-4-3-11(16)8-12(13)18/h2-5,8-9H,6-7H2,1H3. The molecule has 0 bridgehead atoms. The number of benzene rings is 1. The summed E-state index contributed by atoms with van der Waals surface area (Å²) in [6.45, 7) is 0.625. The molecule has 1 aromatic carbocycles. The molecule has 0 aliphatic carbocycles. The summed E-state index contributed by atoms with van der Waals surface area (Å²) >= 11 is 7.76. The fourth-order valence-corrected chi connectivity index (χ4v) is 3.42. The molecule has 0 saturated carbocycles. The van der Waals surface area contributed by atoms with Crippen molar-refractivity contribution in [2.75, 3.05) is 17.2 Å². The third kappa shape index (κ3) is 2.71. The molecule has 0 atom stereocenters. The molecule has 1 aliphatic rings. The van der Waals surface area contributed by atoms with Crippen molar-refractivity contribution in [3.63, 3.8) is 0 Å². The molecule has 1 aliphatic heterocycles. The van der Waals surface area contributed by atoms with Crippen molar-refractivity contribution < 1.29 is 4.79 Å². The lowest BCUT2D eigenvalue weighted by molar-refractivity contribution is 0.0987. The van der Waals surface area contributed by atoms with Gasteiger partial charge in [-0.25, -0.2) is 0 Å². The topological polar surface area (TPSA) is 42.3 Å². The molecular formula is C15H13ClN2O2S. The first-order chi connectivity index (χ1) is 10.1. The lowest BCUT2D eigenvalue weighted by Crippen LogP contribution is -2.36. The van der Waals surface area contributed by atoms with Crippen molar-refractivity contribution in [3.05, 3.63) is 57.5 Å². The molecule has 0 radical (unpaired) electrons. The summed E-state index contributed by atoms with van der Waals surface area (Å²) in [5.74, 6) is 0.723. The van der Waals surface area contributed by atoms with Crippen LogP contribution in [-0.4, -0.2) is 22.8 Å². The van der Waals surface area contributed by atoms with Gasteiger partial charge < -0.3 is 9.47 Å². The Morgan fingerprint density at radius 1 is 1.29 bits per heavy atom. The van der Waals surface area contributed by atoms with Crippen LogP contribution in [0.1, 0.15) is 10.4 Å². The fourth-order valence-electron chi connectivity index (χ4n) is 2.28. The molecule has 2 heterocycles. The van der Waals surface area contributed by atoms with E-state index in [1.165, 1.54) is 10.6 Å². The smallest absolute Gasteiger partial charge is 0.259 e. The van der Waals surface area contributed by atoms with E-state index < -0.39 is 0 Å². The van der Waals surface area contributed by atoms with Gasteiger partial charge >= 0.3 is 0 Å². The highest BCUT2D eigenvalue weighted by Gasteiger charge is 2.24. The quantitative estimate of drug-likeness (QED) is 0.811. The molecule has 1 amide bonds. The molecule has 0 saturated heterocycles. The number of nitrogens with zero attached hydrogens (tertiary/aromatic N) is 2. The SMILES string of the molecule is Cn1cc(C(=O)N2CCSc3ccc(Cl)cc32)ccc1=O. The average Bonchev–Trinajstić information content (AvgIpc) is 2.48. The van der Waals surface area contributed by atoms with Crippen molar-refractivity contribution in [3.8, 4) is 0 Å². The van der Waals surface area contributed by atoms with Crippen molar-refractivity contribution in [1.29, 1.82) is 0 Å². The average molecular weight is 321 g/mol. The van der Waals surface area contributed by atoms with E-state index in [4.69, 9.17) is 11.6 Å². The number of rotatable bonds is 1. The number of thioether (sulfide) groups is 1. The molecule has 108 valence electrons. The van der Waals surface area contributed by atoms with E-state index in [1.807, 2.05) is 18.2 Å². The Morgan fingerprint density at radius 2 is 2.10 bits per heavy atom. The van der Waals surface area contributed by atoms with Crippen molar-refractivity contribution in [1.82, 2.24) is 4.57 Å². The predicted molar refractivity (Wildman–Crippen MR) is 85.5 cm³/mol. The summed E-state index contributed by atoms with van der Waals surface area (Å²) in [5.41, 5.74) is 1.19. The molecule has 2 aromatic rings. The van der Waals surface area contributed by atoms with Crippen LogP contribution in [0.3, 0.4) is 0 Å². The Balaban J connectivity index is 2.01. The van der Waals surface area contributed by atoms with Crippen LogP contribution in [0.5, 0.6) is 0 Å². The number of pyridine rings is 1. The zero-order chi connectivity index (χ0) is 15.0. The van der Waals surface area contributed by atoms with Gasteiger partial charge in [-0.3, -0.25) is 9.59 Å². The molecule has 3 rings (SSSR count). The molecule has 6 heteroatoms. The second-order valence-corrected chi connectivity index (χ2v) is 6.36. The summed E-state index contributed by atoms with van der Waals surface area (Å²) in [7, 11) is 1.63. The summed E-state index contributed by atoms with van der Waals surface area (Å²) in [6.07, 6.45) is 1.57. The third-order valence-electron chi connectivity index (χ3n) is 3.36. The molecule has 0 fully saturated rings. The third-order valence-corrected chi connectivity index (χ3v) is 4.64. The number of hydrogen-bond donors (Lipinski definition) is 0. The van der Waals surface area contributed by atoms with Gasteiger partial charge in [0.1, 0.15) is 0 Å². The normalized spacial score (nSPS) is 13.9. The number of carbonyl (C=O) groups excluding carboxylic acids is 1. The second-order valence-electron chi connectivity index (χ2n) is 4.78. The number of amides is 1. The van der Waals surface area contributed by atoms with Gasteiger partial charge in [-0.15, -0.1) is 11.8 Å². The van der Waals surface area contributed by atoms with Crippen LogP contribution in [0, 0.1) is 0 Å². The number of aromatic nitrogens is 1. The summed E-state index contributed by atoms with van der Waals surface area (Å²) < 4.78 is 1.41. The maximum Gasteiger partial charge on any atom is 0.259 e. The van der Waals surface area contributed by atoms with Crippen LogP contribution in [0.25, 0.3) is 0 Å². The monoisotopic (exact) mass is 320 g/mol. The zero-order valence-electron chi connectivity index (χ0n) is 11.4. The van der Waals surface area contributed by atoms with Gasteiger partial charge in [0.05, 0.1) is 11.3 Å². The fraction of sp³-hybridized carbons (Fsp3) is 0.200. The van der Waals surface area contributed by atoms with E-state index in [0.29, 0.717) is 17.1 Å². The first kappa shape index (κ1) is 14.2. The minimum absolute atomic E-state index is 0.116. The Morgan fingerprint density at radius 3 is 2.86 bits per heavy atom. The Kier molecular flexibility index (Phi) is 3.78. The van der Waals surface area contributed by atoms with Crippen LogP contribution in [0.4, 0.5) is 5.69 Å². The molecule has 0 unspecified atom stereocenters. The highest BCUT2D eigenvalue weighted by molar-refractivity contribution is 7.99. The first-order valence-corrected chi connectivity index (χ1v) is 7.83. The lowest BCUT2D eigenvalue weighted by Gasteiger charge is -2.29. The van der Waals surface area contributed by atoms with Crippen LogP contribution >= 0.6 is 23.4 Å². The van der Waals surface area contributed by atoms with E-state index in [9.17, 15) is 9.59 Å². The van der Waals surface area contributed by atoms with E-state index in [1.54, 1.807) is 36.0 Å². The van der Waals surface area contributed by atoms with Crippen LogP contribution in [-0.2, 0) is 7.05 Å². The number of fused-ring (bicyclic) bond motifs is 1. The largest absolute Gasteiger partial charge is 0.318 e. The van der Waals surface area contributed by atoms with E-state index >= 15 is 0 Å². The molecule has 0 N–H and O–H groups in total. The second kappa shape index (κ2) is 5.58. The lowest BCUT2D eigenvalue weighted by atomic mass is 10.2. The van der Waals surface area contributed by atoms with E-state index in [2.05, 4.69) is 0 Å². The van der Waals surface area contributed by atoms with Crippen LogP contribution < -0.4 is 10.5 Å². The number of halogens is 1. The maximum atomic E-state index is 12.7. The van der Waals surface area contributed by atoms with Gasteiger partial charge in [0, 0.05) is 41.5 Å². The van der Waals surface area contributed by atoms with Gasteiger partial charge in [-0.2, -0.15) is 0 Å². The van der Waals surface area contributed by atoms with Crippen molar-refractivity contribution in [2.24, 2.45) is 7.05 Å². The Labute approximate surface area is 131 Å². The summed E-state index contributed by atoms with van der Waals surface area (Å²) in [4.78, 5) is 26.9. The molecule has 0 spiro atoms. The maximum absolute atomic E-state index is 12.7. The summed E-state index contributed by atoms with van der Waals surface area (Å²) in [5, 5.41) is 0.606. The van der Waals surface area contributed by atoms with Crippen LogP contribution in [0.15, 0.2) is 46.2 Å². The van der Waals surface area contributed by atoms with Crippen LogP contribution in [0.2, 0.25) is 5.02 Å². The van der Waals surface area contributed by atoms with Gasteiger partial charge in [-0.1, -0.05) is 11.6 Å². The van der Waals surface area contributed by atoms with Crippen molar-refractivity contribution in [2.45, 2.75) is 4.90 Å². The number of carbonyl (C=O) groups is 1. The van der Waals surface area contributed by atoms with Crippen molar-refractivity contribution >= 4 is 35.0 Å². The minimum Gasteiger partial charge on any atom is -0.318 e. The molecule has 1 aromatic heterocycles. The summed E-state index contributed by atoms with van der Waals surface area (Å²) in [6, 6.07) is 8.54. The molecule has 21 heavy (non-hydrogen) atoms. The van der Waals surface area contributed by atoms with Gasteiger partial charge in [-0.05, 0) is 24.3 Å². The van der Waals surface area contributed by atoms with E-state index in [-0.39, 0.29) is 11.5 Å². The van der Waals surface area contributed by atoms with E-state index in [0.717, 1.165) is 16.3 Å². The highest BCUT2D eigenvalue weighted by atomic mass is 35.5. The number of aryl methyl sites for hydroxylation is 1.